The minimum atomic E-state index is -1.75. The van der Waals surface area contributed by atoms with E-state index in [1.807, 2.05) is 48.5 Å². The van der Waals surface area contributed by atoms with E-state index >= 15 is 0 Å². The average Bonchev–Trinajstić information content (AvgIpc) is 1.78. The smallest absolute Gasteiger partial charge is 0.351 e. The third-order valence-electron chi connectivity index (χ3n) is 1.32. The van der Waals surface area contributed by atoms with Crippen molar-refractivity contribution in [2.75, 3.05) is 0 Å². The summed E-state index contributed by atoms with van der Waals surface area (Å²) in [5, 5.41) is 1.04. The summed E-state index contributed by atoms with van der Waals surface area (Å²) >= 11 is 0. The van der Waals surface area contributed by atoms with Gasteiger partial charge in [0.15, 0.2) is 0 Å². The van der Waals surface area contributed by atoms with Gasteiger partial charge in [0.2, 0.25) is 0 Å². The lowest BCUT2D eigenvalue weighted by Crippen LogP contribution is -2.39. The van der Waals surface area contributed by atoms with Crippen LogP contribution >= 0.6 is 0 Å². The van der Waals surface area contributed by atoms with Crippen molar-refractivity contribution in [2.24, 2.45) is 0 Å². The van der Waals surface area contributed by atoms with Gasteiger partial charge >= 0.3 is 9.28 Å². The molecule has 0 aromatic carbocycles. The van der Waals surface area contributed by atoms with Gasteiger partial charge in [0.1, 0.15) is 0 Å². The molecule has 84 valence electrons. The molecule has 2 nitrogen and oxygen atoms in total. The third kappa shape index (κ3) is 7.30. The van der Waals surface area contributed by atoms with Gasteiger partial charge in [0.05, 0.1) is 11.2 Å². The largest absolute Gasteiger partial charge is 0.388 e. The lowest BCUT2D eigenvalue weighted by Gasteiger charge is -2.32. The van der Waals surface area contributed by atoms with E-state index in [1.54, 1.807) is 0 Å². The highest BCUT2D eigenvalue weighted by Gasteiger charge is 2.27. The quantitative estimate of drug-likeness (QED) is 0.675. The van der Waals surface area contributed by atoms with Crippen LogP contribution in [0.5, 0.6) is 0 Å². The maximum atomic E-state index is 5.89. The lowest BCUT2D eigenvalue weighted by molar-refractivity contribution is 0.0384. The second kappa shape index (κ2) is 4.60. The summed E-state index contributed by atoms with van der Waals surface area (Å²) in [6, 6.07) is 0. The number of hydrogen-bond donors (Lipinski definition) is 0. The van der Waals surface area contributed by atoms with Crippen molar-refractivity contribution < 1.29 is 8.85 Å². The first kappa shape index (κ1) is 13.9. The first-order chi connectivity index (χ1) is 6.01. The van der Waals surface area contributed by atoms with Crippen LogP contribution in [-0.2, 0) is 8.85 Å². The number of allylic oxidation sites excluding steroid dienone is 1. The van der Waals surface area contributed by atoms with Crippen molar-refractivity contribution in [1.82, 2.24) is 0 Å². The molecule has 0 rings (SSSR count). The van der Waals surface area contributed by atoms with Gasteiger partial charge in [-0.15, -0.1) is 0 Å². The molecule has 0 heterocycles. The molecule has 0 amide bonds. The average molecular weight is 216 g/mol. The molecular formula is C11H24O2Si. The van der Waals surface area contributed by atoms with Crippen molar-refractivity contribution in [1.29, 1.82) is 0 Å². The van der Waals surface area contributed by atoms with Gasteiger partial charge in [-0.25, -0.2) is 0 Å². The van der Waals surface area contributed by atoms with E-state index in [9.17, 15) is 0 Å². The highest BCUT2D eigenvalue weighted by Crippen LogP contribution is 2.18. The molecule has 0 aliphatic carbocycles. The van der Waals surface area contributed by atoms with Crippen LogP contribution in [0, 0.1) is 0 Å². The van der Waals surface area contributed by atoms with Gasteiger partial charge in [-0.05, 0) is 53.7 Å². The van der Waals surface area contributed by atoms with Crippen LogP contribution in [0.2, 0.25) is 0 Å². The summed E-state index contributed by atoms with van der Waals surface area (Å²) in [5.41, 5.74) is -0.303. The summed E-state index contributed by atoms with van der Waals surface area (Å²) in [6.45, 7) is 18.2. The zero-order chi connectivity index (χ0) is 11.6. The van der Waals surface area contributed by atoms with E-state index in [2.05, 4.69) is 6.58 Å². The first-order valence-electron chi connectivity index (χ1n) is 5.02. The Morgan fingerprint density at radius 2 is 1.21 bits per heavy atom. The molecule has 0 unspecified atom stereocenters. The van der Waals surface area contributed by atoms with Gasteiger partial charge < -0.3 is 8.85 Å². The number of hydrogen-bond acceptors (Lipinski definition) is 2. The van der Waals surface area contributed by atoms with E-state index in [0.717, 1.165) is 5.20 Å². The van der Waals surface area contributed by atoms with Gasteiger partial charge in [0.25, 0.3) is 0 Å². The second-order valence-electron chi connectivity index (χ2n) is 5.64. The minimum Gasteiger partial charge on any atom is -0.388 e. The van der Waals surface area contributed by atoms with E-state index < -0.39 is 9.28 Å². The number of rotatable bonds is 3. The molecule has 0 atom stereocenters. The van der Waals surface area contributed by atoms with Crippen LogP contribution in [0.3, 0.4) is 0 Å². The summed E-state index contributed by atoms with van der Waals surface area (Å²) in [5.74, 6) is 0. The van der Waals surface area contributed by atoms with Crippen LogP contribution in [0.25, 0.3) is 0 Å². The molecule has 0 aromatic rings. The van der Waals surface area contributed by atoms with Gasteiger partial charge in [-0.2, -0.15) is 0 Å². The van der Waals surface area contributed by atoms with Crippen molar-refractivity contribution in [3.8, 4) is 0 Å². The molecule has 0 aliphatic rings. The lowest BCUT2D eigenvalue weighted by atomic mass is 10.2. The highest BCUT2D eigenvalue weighted by atomic mass is 28.3. The molecule has 14 heavy (non-hydrogen) atoms. The van der Waals surface area contributed by atoms with Crippen molar-refractivity contribution in [3.05, 3.63) is 11.8 Å². The molecular weight excluding hydrogens is 192 g/mol. The molecule has 3 heteroatoms. The normalized spacial score (nSPS) is 13.4. The Bertz CT molecular complexity index is 182. The van der Waals surface area contributed by atoms with Gasteiger partial charge in [-0.1, -0.05) is 6.58 Å². The second-order valence-corrected chi connectivity index (χ2v) is 7.76. The fourth-order valence-corrected chi connectivity index (χ4v) is 2.60. The Hall–Kier alpha value is -0.123. The Morgan fingerprint density at radius 1 is 0.929 bits per heavy atom. The minimum absolute atomic E-state index is 0.152. The van der Waals surface area contributed by atoms with E-state index in [4.69, 9.17) is 8.85 Å². The van der Waals surface area contributed by atoms with Crippen molar-refractivity contribution in [2.45, 2.75) is 59.7 Å². The Balaban J connectivity index is 4.40. The first-order valence-corrected chi connectivity index (χ1v) is 6.54. The summed E-state index contributed by atoms with van der Waals surface area (Å²) in [4.78, 5) is 0. The van der Waals surface area contributed by atoms with Crippen LogP contribution < -0.4 is 0 Å². The Morgan fingerprint density at radius 3 is 1.36 bits per heavy atom. The van der Waals surface area contributed by atoms with Crippen molar-refractivity contribution >= 4 is 9.28 Å². The zero-order valence-electron chi connectivity index (χ0n) is 10.6. The van der Waals surface area contributed by atoms with Crippen LogP contribution in [0.1, 0.15) is 48.5 Å². The SMILES string of the molecule is C=C(C)[SiH](OC(C)(C)C)OC(C)(C)C. The van der Waals surface area contributed by atoms with Crippen LogP contribution in [0.15, 0.2) is 11.8 Å². The van der Waals surface area contributed by atoms with E-state index in [0.29, 0.717) is 0 Å². The summed E-state index contributed by atoms with van der Waals surface area (Å²) in [7, 11) is -1.75. The topological polar surface area (TPSA) is 18.5 Å². The zero-order valence-corrected chi connectivity index (χ0v) is 11.8. The summed E-state index contributed by atoms with van der Waals surface area (Å²) in [6.07, 6.45) is 0. The third-order valence-corrected chi connectivity index (χ3v) is 3.97. The standard InChI is InChI=1S/C11H24O2Si/c1-9(2)14(12-10(3,4)5)13-11(6,7)8/h14H,1H2,2-8H3. The maximum Gasteiger partial charge on any atom is 0.351 e. The molecule has 0 fully saturated rings. The molecule has 0 bridgehead atoms. The molecule has 0 aromatic heterocycles. The predicted octanol–water partition coefficient (Wildman–Crippen LogP) is 2.95. The van der Waals surface area contributed by atoms with Gasteiger partial charge in [-0.3, -0.25) is 0 Å². The Kier molecular flexibility index (Phi) is 4.56. The molecule has 0 radical (unpaired) electrons. The van der Waals surface area contributed by atoms with E-state index in [-0.39, 0.29) is 11.2 Å². The van der Waals surface area contributed by atoms with Crippen molar-refractivity contribution in [3.63, 3.8) is 0 Å². The molecule has 0 aliphatic heterocycles. The fourth-order valence-electron chi connectivity index (χ4n) is 0.867. The maximum absolute atomic E-state index is 5.89. The molecule has 0 spiro atoms. The molecule has 0 saturated heterocycles. The van der Waals surface area contributed by atoms with Crippen LogP contribution in [0.4, 0.5) is 0 Å². The van der Waals surface area contributed by atoms with Gasteiger partial charge in [0, 0.05) is 0 Å². The summed E-state index contributed by atoms with van der Waals surface area (Å²) < 4.78 is 11.8. The monoisotopic (exact) mass is 216 g/mol. The van der Waals surface area contributed by atoms with E-state index in [1.165, 1.54) is 0 Å². The highest BCUT2D eigenvalue weighted by molar-refractivity contribution is 6.53. The predicted molar refractivity (Wildman–Crippen MR) is 63.6 cm³/mol. The molecule has 0 N–H and O–H groups in total. The molecule has 0 saturated carbocycles. The Labute approximate surface area is 90.2 Å². The van der Waals surface area contributed by atoms with Crippen LogP contribution in [-0.4, -0.2) is 20.5 Å². The fraction of sp³-hybridized carbons (Fsp3) is 0.818.